The van der Waals surface area contributed by atoms with Gasteiger partial charge in [-0.2, -0.15) is 0 Å². The van der Waals surface area contributed by atoms with Gasteiger partial charge in [0.25, 0.3) is 5.22 Å². The number of rotatable bonds is 3. The minimum Gasteiger partial charge on any atom is -0.436 e. The molecule has 0 fully saturated rings. The van der Waals surface area contributed by atoms with Crippen molar-refractivity contribution < 1.29 is 4.42 Å². The lowest BCUT2D eigenvalue weighted by Crippen LogP contribution is -1.93. The molecule has 4 rings (SSSR count). The molecule has 5 heteroatoms. The average molecular weight is 333 g/mol. The van der Waals surface area contributed by atoms with Crippen molar-refractivity contribution in [3.63, 3.8) is 0 Å². The van der Waals surface area contributed by atoms with Crippen LogP contribution in [0.1, 0.15) is 11.5 Å². The Hall–Kier alpha value is -2.66. The summed E-state index contributed by atoms with van der Waals surface area (Å²) in [7, 11) is 0. The SMILES string of the molecule is Cc1nc(Sc2nc(-c3ccccc3)c3ccccc3n2)oc1C. The minimum absolute atomic E-state index is 0.569. The molecule has 0 N–H and O–H groups in total. The van der Waals surface area contributed by atoms with E-state index >= 15 is 0 Å². The molecule has 0 radical (unpaired) electrons. The molecule has 0 aliphatic rings. The molecule has 0 atom stereocenters. The van der Waals surface area contributed by atoms with Crippen LogP contribution < -0.4 is 0 Å². The summed E-state index contributed by atoms with van der Waals surface area (Å²) in [4.78, 5) is 13.8. The van der Waals surface area contributed by atoms with E-state index in [4.69, 9.17) is 9.40 Å². The highest BCUT2D eigenvalue weighted by molar-refractivity contribution is 7.98. The molecule has 4 aromatic rings. The maximum Gasteiger partial charge on any atom is 0.264 e. The molecule has 0 bridgehead atoms. The second-order valence-corrected chi connectivity index (χ2v) is 6.38. The predicted molar refractivity (Wildman–Crippen MR) is 95.1 cm³/mol. The number of oxazole rings is 1. The van der Waals surface area contributed by atoms with Gasteiger partial charge in [0, 0.05) is 22.7 Å². The van der Waals surface area contributed by atoms with E-state index in [0.717, 1.165) is 33.6 Å². The van der Waals surface area contributed by atoms with Crippen molar-refractivity contribution in [2.24, 2.45) is 0 Å². The Morgan fingerprint density at radius 1 is 0.833 bits per heavy atom. The molecule has 4 nitrogen and oxygen atoms in total. The Kier molecular flexibility index (Phi) is 3.78. The zero-order valence-corrected chi connectivity index (χ0v) is 14.2. The number of hydrogen-bond donors (Lipinski definition) is 0. The number of fused-ring (bicyclic) bond motifs is 1. The predicted octanol–water partition coefficient (Wildman–Crippen LogP) is 5.05. The maximum atomic E-state index is 5.65. The lowest BCUT2D eigenvalue weighted by molar-refractivity contribution is 0.430. The third kappa shape index (κ3) is 2.78. The van der Waals surface area contributed by atoms with E-state index in [1.807, 2.05) is 56.3 Å². The number of aryl methyl sites for hydroxylation is 2. The first-order valence-electron chi connectivity index (χ1n) is 7.65. The molecule has 0 unspecified atom stereocenters. The largest absolute Gasteiger partial charge is 0.436 e. The minimum atomic E-state index is 0.569. The maximum absolute atomic E-state index is 5.65. The molecule has 0 amide bonds. The van der Waals surface area contributed by atoms with E-state index in [9.17, 15) is 0 Å². The van der Waals surface area contributed by atoms with Crippen molar-refractivity contribution >= 4 is 22.7 Å². The van der Waals surface area contributed by atoms with E-state index in [1.165, 1.54) is 11.8 Å². The summed E-state index contributed by atoms with van der Waals surface area (Å²) in [5, 5.41) is 2.24. The van der Waals surface area contributed by atoms with Gasteiger partial charge in [0.15, 0.2) is 5.16 Å². The molecule has 118 valence electrons. The monoisotopic (exact) mass is 333 g/mol. The molecule has 0 saturated carbocycles. The molecule has 2 aromatic heterocycles. The molecule has 24 heavy (non-hydrogen) atoms. The average Bonchev–Trinajstić information content (AvgIpc) is 2.92. The normalized spacial score (nSPS) is 11.1. The number of aromatic nitrogens is 3. The van der Waals surface area contributed by atoms with Crippen LogP contribution in [-0.4, -0.2) is 15.0 Å². The fourth-order valence-electron chi connectivity index (χ4n) is 2.48. The van der Waals surface area contributed by atoms with E-state index in [1.54, 1.807) is 0 Å². The summed E-state index contributed by atoms with van der Waals surface area (Å²) in [6, 6.07) is 18.2. The van der Waals surface area contributed by atoms with E-state index < -0.39 is 0 Å². The van der Waals surface area contributed by atoms with Gasteiger partial charge in [-0.05, 0) is 19.9 Å². The third-order valence-electron chi connectivity index (χ3n) is 3.82. The van der Waals surface area contributed by atoms with Gasteiger partial charge >= 0.3 is 0 Å². The van der Waals surface area contributed by atoms with Gasteiger partial charge in [0.05, 0.1) is 16.9 Å². The molecule has 0 aliphatic heterocycles. The quantitative estimate of drug-likeness (QED) is 0.491. The zero-order chi connectivity index (χ0) is 16.5. The summed E-state index contributed by atoms with van der Waals surface area (Å²) >= 11 is 1.35. The van der Waals surface area contributed by atoms with Crippen molar-refractivity contribution in [2.75, 3.05) is 0 Å². The number of benzene rings is 2. The molecule has 2 aromatic carbocycles. The van der Waals surface area contributed by atoms with Crippen LogP contribution in [0.4, 0.5) is 0 Å². The summed E-state index contributed by atoms with van der Waals surface area (Å²) in [5.41, 5.74) is 3.79. The number of hydrogen-bond acceptors (Lipinski definition) is 5. The smallest absolute Gasteiger partial charge is 0.264 e. The van der Waals surface area contributed by atoms with Crippen molar-refractivity contribution in [3.05, 3.63) is 66.1 Å². The molecule has 0 aliphatic carbocycles. The van der Waals surface area contributed by atoms with Gasteiger partial charge < -0.3 is 4.42 Å². The topological polar surface area (TPSA) is 51.8 Å². The van der Waals surface area contributed by atoms with Crippen LogP contribution in [0.5, 0.6) is 0 Å². The van der Waals surface area contributed by atoms with Crippen LogP contribution in [0.2, 0.25) is 0 Å². The highest BCUT2D eigenvalue weighted by atomic mass is 32.2. The summed E-state index contributed by atoms with van der Waals surface area (Å²) in [6.45, 7) is 3.84. The van der Waals surface area contributed by atoms with Gasteiger partial charge in [0.2, 0.25) is 0 Å². The van der Waals surface area contributed by atoms with Crippen molar-refractivity contribution in [3.8, 4) is 11.3 Å². The zero-order valence-electron chi connectivity index (χ0n) is 13.4. The fourth-order valence-corrected chi connectivity index (χ4v) is 3.27. The number of para-hydroxylation sites is 1. The standard InChI is InChI=1S/C19H15N3OS/c1-12-13(2)23-19(20-12)24-18-21-16-11-7-6-10-15(16)17(22-18)14-8-4-3-5-9-14/h3-11H,1-2H3. The van der Waals surface area contributed by atoms with Crippen LogP contribution in [0, 0.1) is 13.8 Å². The van der Waals surface area contributed by atoms with Crippen LogP contribution in [-0.2, 0) is 0 Å². The Morgan fingerprint density at radius 3 is 2.33 bits per heavy atom. The first-order valence-corrected chi connectivity index (χ1v) is 8.46. The first-order chi connectivity index (χ1) is 11.7. The lowest BCUT2D eigenvalue weighted by atomic mass is 10.1. The van der Waals surface area contributed by atoms with Crippen molar-refractivity contribution in [2.45, 2.75) is 24.2 Å². The molecular formula is C19H15N3OS. The van der Waals surface area contributed by atoms with Crippen molar-refractivity contribution in [1.29, 1.82) is 0 Å². The van der Waals surface area contributed by atoms with E-state index in [0.29, 0.717) is 10.4 Å². The lowest BCUT2D eigenvalue weighted by Gasteiger charge is -2.07. The van der Waals surface area contributed by atoms with Gasteiger partial charge in [0.1, 0.15) is 5.76 Å². The van der Waals surface area contributed by atoms with E-state index in [-0.39, 0.29) is 0 Å². The van der Waals surface area contributed by atoms with Crippen molar-refractivity contribution in [1.82, 2.24) is 15.0 Å². The molecule has 0 saturated heterocycles. The highest BCUT2D eigenvalue weighted by Crippen LogP contribution is 2.31. The van der Waals surface area contributed by atoms with Crippen LogP contribution in [0.25, 0.3) is 22.2 Å². The van der Waals surface area contributed by atoms with E-state index in [2.05, 4.69) is 22.1 Å². The van der Waals surface area contributed by atoms with Crippen LogP contribution in [0.3, 0.4) is 0 Å². The van der Waals surface area contributed by atoms with Crippen LogP contribution in [0.15, 0.2) is 69.4 Å². The van der Waals surface area contributed by atoms with Gasteiger partial charge in [-0.1, -0.05) is 48.5 Å². The van der Waals surface area contributed by atoms with Crippen LogP contribution >= 0.6 is 11.8 Å². The fraction of sp³-hybridized carbons (Fsp3) is 0.105. The first kappa shape index (κ1) is 14.9. The molecule has 2 heterocycles. The Morgan fingerprint density at radius 2 is 1.58 bits per heavy atom. The summed E-state index contributed by atoms with van der Waals surface area (Å²) in [5.74, 6) is 0.821. The molecule has 0 spiro atoms. The Bertz CT molecular complexity index is 992. The second kappa shape index (κ2) is 6.09. The summed E-state index contributed by atoms with van der Waals surface area (Å²) in [6.07, 6.45) is 0. The third-order valence-corrected chi connectivity index (χ3v) is 4.53. The molecular weight excluding hydrogens is 318 g/mol. The highest BCUT2D eigenvalue weighted by Gasteiger charge is 2.13. The van der Waals surface area contributed by atoms with Gasteiger partial charge in [-0.15, -0.1) is 0 Å². The second-order valence-electron chi connectivity index (χ2n) is 5.46. The Labute approximate surface area is 144 Å². The Balaban J connectivity index is 1.85. The van der Waals surface area contributed by atoms with Gasteiger partial charge in [-0.3, -0.25) is 0 Å². The van der Waals surface area contributed by atoms with Gasteiger partial charge in [-0.25, -0.2) is 15.0 Å². The number of nitrogens with zero attached hydrogens (tertiary/aromatic N) is 3. The summed E-state index contributed by atoms with van der Waals surface area (Å²) < 4.78 is 5.65.